The molecule has 1 rings (SSSR count). The maximum atomic E-state index is 10.6. The van der Waals surface area contributed by atoms with Gasteiger partial charge in [0, 0.05) is 18.3 Å². The molecular formula is C12H19BrN2O2S. The third kappa shape index (κ3) is 6.35. The van der Waals surface area contributed by atoms with Crippen molar-refractivity contribution in [1.29, 1.82) is 0 Å². The molecule has 0 saturated carbocycles. The molecule has 0 bridgehead atoms. The van der Waals surface area contributed by atoms with Gasteiger partial charge in [-0.3, -0.25) is 4.79 Å². The zero-order valence-corrected chi connectivity index (χ0v) is 12.9. The van der Waals surface area contributed by atoms with Crippen molar-refractivity contribution < 1.29 is 9.90 Å². The number of hydrogen-bond acceptors (Lipinski definition) is 4. The normalized spacial score (nSPS) is 12.3. The van der Waals surface area contributed by atoms with Crippen molar-refractivity contribution in [3.8, 4) is 0 Å². The molecule has 0 aliphatic heterocycles. The highest BCUT2D eigenvalue weighted by atomic mass is 79.9. The van der Waals surface area contributed by atoms with Gasteiger partial charge in [-0.15, -0.1) is 11.3 Å². The lowest BCUT2D eigenvalue weighted by Gasteiger charge is -2.15. The molecule has 0 aliphatic carbocycles. The van der Waals surface area contributed by atoms with E-state index in [4.69, 9.17) is 5.11 Å². The van der Waals surface area contributed by atoms with Crippen molar-refractivity contribution in [2.75, 3.05) is 11.9 Å². The monoisotopic (exact) mass is 334 g/mol. The number of carbonyl (C=O) groups is 1. The molecule has 1 atom stereocenters. The quantitative estimate of drug-likeness (QED) is 0.716. The summed E-state index contributed by atoms with van der Waals surface area (Å²) in [4.78, 5) is 14.8. The first kappa shape index (κ1) is 15.4. The number of aromatic nitrogens is 1. The standard InChI is InChI=1S/C12H19BrN2O2S/c1-2-3-9(4-5-11(16)17)6-7-14-12-15-10(13)8-18-12/h8-9H,2-7H2,1H3,(H,14,15)(H,16,17). The van der Waals surface area contributed by atoms with Crippen LogP contribution in [0.3, 0.4) is 0 Å². The number of nitrogens with one attached hydrogen (secondary N) is 1. The van der Waals surface area contributed by atoms with Gasteiger partial charge in [0.1, 0.15) is 4.60 Å². The Balaban J connectivity index is 2.26. The van der Waals surface area contributed by atoms with E-state index in [1.807, 2.05) is 5.38 Å². The second-order valence-corrected chi connectivity index (χ2v) is 5.95. The lowest BCUT2D eigenvalue weighted by molar-refractivity contribution is -0.137. The van der Waals surface area contributed by atoms with Crippen LogP contribution < -0.4 is 5.32 Å². The van der Waals surface area contributed by atoms with Crippen LogP contribution in [-0.2, 0) is 4.79 Å². The van der Waals surface area contributed by atoms with Crippen LogP contribution in [-0.4, -0.2) is 22.6 Å². The van der Waals surface area contributed by atoms with Gasteiger partial charge in [-0.2, -0.15) is 0 Å². The Morgan fingerprint density at radius 3 is 2.89 bits per heavy atom. The largest absolute Gasteiger partial charge is 0.481 e. The minimum Gasteiger partial charge on any atom is -0.481 e. The Labute approximate surface area is 120 Å². The van der Waals surface area contributed by atoms with Crippen molar-refractivity contribution in [3.63, 3.8) is 0 Å². The number of carboxylic acids is 1. The zero-order chi connectivity index (χ0) is 13.4. The highest BCUT2D eigenvalue weighted by Gasteiger charge is 2.10. The summed E-state index contributed by atoms with van der Waals surface area (Å²) < 4.78 is 0.853. The average molecular weight is 335 g/mol. The van der Waals surface area contributed by atoms with Crippen LogP contribution in [0.4, 0.5) is 5.13 Å². The van der Waals surface area contributed by atoms with Crippen LogP contribution in [0.1, 0.15) is 39.0 Å². The molecule has 0 aromatic carbocycles. The van der Waals surface area contributed by atoms with Gasteiger partial charge in [-0.1, -0.05) is 19.8 Å². The second-order valence-electron chi connectivity index (χ2n) is 4.28. The van der Waals surface area contributed by atoms with Gasteiger partial charge in [0.25, 0.3) is 0 Å². The van der Waals surface area contributed by atoms with Crippen molar-refractivity contribution in [2.45, 2.75) is 39.0 Å². The molecule has 1 aromatic heterocycles. The fourth-order valence-electron chi connectivity index (χ4n) is 1.89. The first-order valence-corrected chi connectivity index (χ1v) is 7.85. The molecule has 0 fully saturated rings. The van der Waals surface area contributed by atoms with E-state index in [9.17, 15) is 4.79 Å². The molecule has 18 heavy (non-hydrogen) atoms. The Kier molecular flexibility index (Phi) is 7.27. The van der Waals surface area contributed by atoms with Crippen molar-refractivity contribution >= 4 is 38.4 Å². The molecule has 6 heteroatoms. The maximum Gasteiger partial charge on any atom is 0.303 e. The summed E-state index contributed by atoms with van der Waals surface area (Å²) in [5, 5.41) is 14.8. The molecule has 2 N–H and O–H groups in total. The van der Waals surface area contributed by atoms with Gasteiger partial charge >= 0.3 is 5.97 Å². The van der Waals surface area contributed by atoms with Gasteiger partial charge in [0.05, 0.1) is 0 Å². The second kappa shape index (κ2) is 8.48. The molecule has 102 valence electrons. The number of thiazole rings is 1. The SMILES string of the molecule is CCCC(CCNc1nc(Br)cs1)CCC(=O)O. The lowest BCUT2D eigenvalue weighted by atomic mass is 9.94. The fourth-order valence-corrected chi connectivity index (χ4v) is 3.06. The van der Waals surface area contributed by atoms with E-state index < -0.39 is 5.97 Å². The summed E-state index contributed by atoms with van der Waals surface area (Å²) in [6, 6.07) is 0. The average Bonchev–Trinajstić information content (AvgIpc) is 2.72. The molecule has 0 radical (unpaired) electrons. The molecule has 1 heterocycles. The third-order valence-corrected chi connectivity index (χ3v) is 4.28. The minimum atomic E-state index is -0.701. The van der Waals surface area contributed by atoms with Crippen LogP contribution in [0.5, 0.6) is 0 Å². The number of nitrogens with zero attached hydrogens (tertiary/aromatic N) is 1. The summed E-state index contributed by atoms with van der Waals surface area (Å²) in [5.74, 6) is -0.213. The van der Waals surface area contributed by atoms with Crippen LogP contribution in [0.2, 0.25) is 0 Å². The smallest absolute Gasteiger partial charge is 0.303 e. The lowest BCUT2D eigenvalue weighted by Crippen LogP contribution is -2.11. The summed E-state index contributed by atoms with van der Waals surface area (Å²) in [6.45, 7) is 2.99. The molecular weight excluding hydrogens is 316 g/mol. The highest BCUT2D eigenvalue weighted by Crippen LogP contribution is 2.21. The van der Waals surface area contributed by atoms with Crippen molar-refractivity contribution in [1.82, 2.24) is 4.98 Å². The van der Waals surface area contributed by atoms with E-state index in [-0.39, 0.29) is 6.42 Å². The number of carboxylic acid groups (broad SMARTS) is 1. The summed E-state index contributed by atoms with van der Waals surface area (Å²) in [6.07, 6.45) is 4.24. The predicted octanol–water partition coefficient (Wildman–Crippen LogP) is 3.99. The summed E-state index contributed by atoms with van der Waals surface area (Å²) >= 11 is 4.88. The van der Waals surface area contributed by atoms with Gasteiger partial charge in [0.2, 0.25) is 0 Å². The van der Waals surface area contributed by atoms with E-state index in [1.165, 1.54) is 0 Å². The van der Waals surface area contributed by atoms with Crippen molar-refractivity contribution in [2.24, 2.45) is 5.92 Å². The molecule has 1 unspecified atom stereocenters. The van der Waals surface area contributed by atoms with E-state index >= 15 is 0 Å². The Hall–Kier alpha value is -0.620. The number of aliphatic carboxylic acids is 1. The summed E-state index contributed by atoms with van der Waals surface area (Å²) in [5.41, 5.74) is 0. The van der Waals surface area contributed by atoms with Crippen LogP contribution >= 0.6 is 27.3 Å². The van der Waals surface area contributed by atoms with Gasteiger partial charge in [-0.25, -0.2) is 4.98 Å². The number of halogens is 1. The molecule has 1 aromatic rings. The number of hydrogen-bond donors (Lipinski definition) is 2. The molecule has 0 amide bonds. The molecule has 0 spiro atoms. The van der Waals surface area contributed by atoms with Gasteiger partial charge in [0.15, 0.2) is 5.13 Å². The molecule has 0 saturated heterocycles. The predicted molar refractivity (Wildman–Crippen MR) is 78.2 cm³/mol. The van der Waals surface area contributed by atoms with Crippen molar-refractivity contribution in [3.05, 3.63) is 9.98 Å². The third-order valence-electron chi connectivity index (χ3n) is 2.77. The number of rotatable bonds is 9. The molecule has 4 nitrogen and oxygen atoms in total. The topological polar surface area (TPSA) is 62.2 Å². The molecule has 0 aliphatic rings. The van der Waals surface area contributed by atoms with Crippen LogP contribution in [0.15, 0.2) is 9.98 Å². The van der Waals surface area contributed by atoms with E-state index in [0.29, 0.717) is 5.92 Å². The highest BCUT2D eigenvalue weighted by molar-refractivity contribution is 9.10. The minimum absolute atomic E-state index is 0.271. The zero-order valence-electron chi connectivity index (χ0n) is 10.5. The Morgan fingerprint density at radius 2 is 2.33 bits per heavy atom. The number of anilines is 1. The van der Waals surface area contributed by atoms with Crippen LogP contribution in [0.25, 0.3) is 0 Å². The summed E-state index contributed by atoms with van der Waals surface area (Å²) in [7, 11) is 0. The Bertz CT molecular complexity index is 371. The van der Waals surface area contributed by atoms with E-state index in [2.05, 4.69) is 33.2 Å². The fraction of sp³-hybridized carbons (Fsp3) is 0.667. The first-order valence-electron chi connectivity index (χ1n) is 6.18. The first-order chi connectivity index (χ1) is 8.61. The van der Waals surface area contributed by atoms with E-state index in [1.54, 1.807) is 11.3 Å². The Morgan fingerprint density at radius 1 is 1.56 bits per heavy atom. The van der Waals surface area contributed by atoms with Gasteiger partial charge in [-0.05, 0) is 34.7 Å². The van der Waals surface area contributed by atoms with Gasteiger partial charge < -0.3 is 10.4 Å². The van der Waals surface area contributed by atoms with Crippen LogP contribution in [0, 0.1) is 5.92 Å². The maximum absolute atomic E-state index is 10.6. The van der Waals surface area contributed by atoms with E-state index in [0.717, 1.165) is 42.0 Å².